The molecule has 0 bridgehead atoms. The van der Waals surface area contributed by atoms with Crippen LogP contribution in [0.5, 0.6) is 0 Å². The van der Waals surface area contributed by atoms with Crippen molar-refractivity contribution in [3.63, 3.8) is 0 Å². The second-order valence-electron chi connectivity index (χ2n) is 7.36. The number of carbonyl (C=O) groups excluding carboxylic acids is 2. The first kappa shape index (κ1) is 23.6. The van der Waals surface area contributed by atoms with Gasteiger partial charge in [0, 0.05) is 11.3 Å². The Morgan fingerprint density at radius 3 is 2.62 bits per heavy atom. The summed E-state index contributed by atoms with van der Waals surface area (Å²) in [5.74, 6) is -1.14. The summed E-state index contributed by atoms with van der Waals surface area (Å²) in [4.78, 5) is 25.4. The van der Waals surface area contributed by atoms with Crippen molar-refractivity contribution >= 4 is 45.7 Å². The highest BCUT2D eigenvalue weighted by molar-refractivity contribution is 7.18. The van der Waals surface area contributed by atoms with E-state index in [0.717, 1.165) is 17.2 Å². The van der Waals surface area contributed by atoms with E-state index in [-0.39, 0.29) is 10.9 Å². The van der Waals surface area contributed by atoms with Gasteiger partial charge in [0.1, 0.15) is 16.9 Å². The molecule has 32 heavy (non-hydrogen) atoms. The van der Waals surface area contributed by atoms with E-state index in [9.17, 15) is 14.0 Å². The first-order valence-electron chi connectivity index (χ1n) is 10.0. The summed E-state index contributed by atoms with van der Waals surface area (Å²) in [6.45, 7) is 5.77. The Hall–Kier alpha value is -3.04. The molecule has 168 valence electrons. The van der Waals surface area contributed by atoms with Crippen molar-refractivity contribution in [1.29, 1.82) is 0 Å². The number of benzene rings is 2. The van der Waals surface area contributed by atoms with Crippen LogP contribution in [0.1, 0.15) is 25.8 Å². The van der Waals surface area contributed by atoms with E-state index in [4.69, 9.17) is 11.6 Å². The molecule has 0 radical (unpaired) electrons. The van der Waals surface area contributed by atoms with Crippen LogP contribution in [0, 0.1) is 18.7 Å². The number of anilines is 2. The number of urea groups is 1. The maximum absolute atomic E-state index is 13.3. The fraction of sp³-hybridized carbons (Fsp3) is 0.273. The Morgan fingerprint density at radius 1 is 1.16 bits per heavy atom. The molecule has 0 saturated heterocycles. The van der Waals surface area contributed by atoms with Gasteiger partial charge in [-0.2, -0.15) is 0 Å². The van der Waals surface area contributed by atoms with Gasteiger partial charge in [0.05, 0.1) is 5.02 Å². The molecular weight excluding hydrogens is 453 g/mol. The van der Waals surface area contributed by atoms with Gasteiger partial charge < -0.3 is 10.6 Å². The molecule has 2 aromatic carbocycles. The molecular formula is C22H23ClFN5O2S. The van der Waals surface area contributed by atoms with E-state index in [1.165, 1.54) is 23.5 Å². The Bertz CT molecular complexity index is 1120. The Kier molecular flexibility index (Phi) is 7.76. The van der Waals surface area contributed by atoms with Crippen LogP contribution in [0.25, 0.3) is 10.6 Å². The molecule has 7 nitrogen and oxygen atoms in total. The summed E-state index contributed by atoms with van der Waals surface area (Å²) in [6.07, 6.45) is 0.658. The Balaban J connectivity index is 1.68. The molecule has 0 aliphatic rings. The predicted octanol–water partition coefficient (Wildman–Crippen LogP) is 5.48. The smallest absolute Gasteiger partial charge is 0.319 e. The predicted molar refractivity (Wildman–Crippen MR) is 126 cm³/mol. The molecule has 3 aromatic rings. The van der Waals surface area contributed by atoms with Crippen molar-refractivity contribution in [2.75, 3.05) is 10.6 Å². The van der Waals surface area contributed by atoms with Crippen LogP contribution in [0.15, 0.2) is 42.5 Å². The summed E-state index contributed by atoms with van der Waals surface area (Å²) in [5, 5.41) is 17.1. The number of halogens is 2. The second-order valence-corrected chi connectivity index (χ2v) is 8.75. The van der Waals surface area contributed by atoms with Crippen molar-refractivity contribution in [2.24, 2.45) is 5.92 Å². The number of carbonyl (C=O) groups is 2. The zero-order valence-electron chi connectivity index (χ0n) is 17.8. The minimum Gasteiger partial charge on any atom is -0.326 e. The molecule has 0 aliphatic heterocycles. The maximum Gasteiger partial charge on any atom is 0.319 e. The number of amides is 3. The van der Waals surface area contributed by atoms with Crippen molar-refractivity contribution < 1.29 is 14.0 Å². The highest BCUT2D eigenvalue weighted by Crippen LogP contribution is 2.27. The number of nitrogens with one attached hydrogen (secondary N) is 3. The summed E-state index contributed by atoms with van der Waals surface area (Å²) < 4.78 is 13.3. The van der Waals surface area contributed by atoms with Crippen LogP contribution in [-0.4, -0.2) is 28.2 Å². The van der Waals surface area contributed by atoms with E-state index in [1.807, 2.05) is 45.0 Å². The largest absolute Gasteiger partial charge is 0.326 e. The summed E-state index contributed by atoms with van der Waals surface area (Å²) >= 11 is 7.00. The van der Waals surface area contributed by atoms with Gasteiger partial charge >= 0.3 is 6.03 Å². The number of rotatable bonds is 7. The third-order valence-corrected chi connectivity index (χ3v) is 6.06. The molecule has 1 aromatic heterocycles. The fourth-order valence-electron chi connectivity index (χ4n) is 2.94. The molecule has 0 aliphatic carbocycles. The van der Waals surface area contributed by atoms with Crippen LogP contribution in [0.4, 0.5) is 20.0 Å². The number of aromatic nitrogens is 2. The topological polar surface area (TPSA) is 96.0 Å². The molecule has 0 saturated carbocycles. The standard InChI is InChI=1S/C22H23ClFN5O2S/c1-4-13(3)18(26-21(31)25-15-8-9-17(24)16(23)11-15)19(30)27-22-29-28-20(32-22)14-7-5-6-12(2)10-14/h5-11,13,18H,4H2,1-3H3,(H2,25,26,31)(H,27,29,30). The zero-order valence-corrected chi connectivity index (χ0v) is 19.4. The van der Waals surface area contributed by atoms with E-state index in [2.05, 4.69) is 26.1 Å². The zero-order chi connectivity index (χ0) is 23.3. The number of hydrogen-bond donors (Lipinski definition) is 3. The molecule has 10 heteroatoms. The van der Waals surface area contributed by atoms with Gasteiger partial charge in [0.2, 0.25) is 11.0 Å². The van der Waals surface area contributed by atoms with Crippen LogP contribution in [-0.2, 0) is 4.79 Å². The molecule has 2 atom stereocenters. The Morgan fingerprint density at radius 2 is 1.94 bits per heavy atom. The van der Waals surface area contributed by atoms with E-state index in [1.54, 1.807) is 0 Å². The number of aryl methyl sites for hydroxylation is 1. The minimum atomic E-state index is -0.817. The third kappa shape index (κ3) is 6.02. The van der Waals surface area contributed by atoms with Crippen molar-refractivity contribution in [3.8, 4) is 10.6 Å². The molecule has 2 unspecified atom stereocenters. The van der Waals surface area contributed by atoms with Gasteiger partial charge in [-0.15, -0.1) is 10.2 Å². The first-order chi connectivity index (χ1) is 15.3. The van der Waals surface area contributed by atoms with Gasteiger partial charge in [0.15, 0.2) is 0 Å². The minimum absolute atomic E-state index is 0.111. The maximum atomic E-state index is 13.3. The fourth-order valence-corrected chi connectivity index (χ4v) is 3.86. The average Bonchev–Trinajstić information content (AvgIpc) is 3.22. The van der Waals surface area contributed by atoms with Crippen LogP contribution >= 0.6 is 22.9 Å². The van der Waals surface area contributed by atoms with Crippen LogP contribution in [0.3, 0.4) is 0 Å². The molecule has 3 N–H and O–H groups in total. The molecule has 0 fully saturated rings. The highest BCUT2D eigenvalue weighted by atomic mass is 35.5. The lowest BCUT2D eigenvalue weighted by Gasteiger charge is -2.23. The summed E-state index contributed by atoms with van der Waals surface area (Å²) in [6, 6.07) is 10.2. The first-order valence-corrected chi connectivity index (χ1v) is 11.2. The molecule has 1 heterocycles. The molecule has 3 rings (SSSR count). The lowest BCUT2D eigenvalue weighted by molar-refractivity contribution is -0.119. The van der Waals surface area contributed by atoms with E-state index in [0.29, 0.717) is 22.2 Å². The second kappa shape index (κ2) is 10.5. The lowest BCUT2D eigenvalue weighted by atomic mass is 9.98. The molecule has 3 amide bonds. The summed E-state index contributed by atoms with van der Waals surface area (Å²) in [7, 11) is 0. The van der Waals surface area contributed by atoms with Gasteiger partial charge in [-0.05, 0) is 37.1 Å². The monoisotopic (exact) mass is 475 g/mol. The quantitative estimate of drug-likeness (QED) is 0.421. The highest BCUT2D eigenvalue weighted by Gasteiger charge is 2.27. The number of nitrogens with zero attached hydrogens (tertiary/aromatic N) is 2. The average molecular weight is 476 g/mol. The van der Waals surface area contributed by atoms with Gasteiger partial charge in [-0.25, -0.2) is 9.18 Å². The van der Waals surface area contributed by atoms with Crippen LogP contribution < -0.4 is 16.0 Å². The van der Waals surface area contributed by atoms with Crippen LogP contribution in [0.2, 0.25) is 5.02 Å². The van der Waals surface area contributed by atoms with Crippen molar-refractivity contribution in [3.05, 3.63) is 58.9 Å². The summed E-state index contributed by atoms with van der Waals surface area (Å²) in [5.41, 5.74) is 2.32. The van der Waals surface area contributed by atoms with E-state index >= 15 is 0 Å². The van der Waals surface area contributed by atoms with Crippen molar-refractivity contribution in [1.82, 2.24) is 15.5 Å². The lowest BCUT2D eigenvalue weighted by Crippen LogP contribution is -2.49. The Labute approximate surface area is 194 Å². The SMILES string of the molecule is CCC(C)C(NC(=O)Nc1ccc(F)c(Cl)c1)C(=O)Nc1nnc(-c2cccc(C)c2)s1. The normalized spacial score (nSPS) is 12.7. The van der Waals surface area contributed by atoms with Gasteiger partial charge in [0.25, 0.3) is 0 Å². The third-order valence-electron chi connectivity index (χ3n) is 4.88. The van der Waals surface area contributed by atoms with Crippen molar-refractivity contribution in [2.45, 2.75) is 33.2 Å². The van der Waals surface area contributed by atoms with E-state index < -0.39 is 23.8 Å². The number of hydrogen-bond acceptors (Lipinski definition) is 5. The molecule has 0 spiro atoms. The van der Waals surface area contributed by atoms with Gasteiger partial charge in [-0.1, -0.05) is 67.0 Å². The van der Waals surface area contributed by atoms with Gasteiger partial charge in [-0.3, -0.25) is 10.1 Å².